The van der Waals surface area contributed by atoms with E-state index in [9.17, 15) is 13.2 Å². The largest absolute Gasteiger partial charge is 0.411 e. The highest BCUT2D eigenvalue weighted by molar-refractivity contribution is 5.91. The number of pyridine rings is 1. The Kier molecular flexibility index (Phi) is 6.62. The van der Waals surface area contributed by atoms with Crippen LogP contribution in [-0.4, -0.2) is 72.0 Å². The number of anilines is 1. The molecule has 0 unspecified atom stereocenters. The number of hydrogen-bond acceptors (Lipinski definition) is 6. The molecule has 0 saturated carbocycles. The average molecular weight is 431 g/mol. The van der Waals surface area contributed by atoms with Crippen molar-refractivity contribution in [1.82, 2.24) is 19.9 Å². The third kappa shape index (κ3) is 5.68. The molecule has 1 fully saturated rings. The van der Waals surface area contributed by atoms with Gasteiger partial charge in [0.15, 0.2) is 5.82 Å². The Balaban J connectivity index is 1.41. The summed E-state index contributed by atoms with van der Waals surface area (Å²) in [6.07, 6.45) is -0.205. The van der Waals surface area contributed by atoms with E-state index in [2.05, 4.69) is 14.8 Å². The predicted molar refractivity (Wildman–Crippen MR) is 113 cm³/mol. The van der Waals surface area contributed by atoms with Crippen molar-refractivity contribution in [3.05, 3.63) is 48.8 Å². The SMILES string of the molecule is FC(F)(F)COCCCN1CCN(c2nc(-c3cccnc3)nc3ccccc23)CC1. The van der Waals surface area contributed by atoms with Crippen LogP contribution >= 0.6 is 0 Å². The van der Waals surface area contributed by atoms with Crippen molar-refractivity contribution in [3.63, 3.8) is 0 Å². The van der Waals surface area contributed by atoms with E-state index in [0.717, 1.165) is 55.0 Å². The fourth-order valence-corrected chi connectivity index (χ4v) is 3.69. The Morgan fingerprint density at radius 2 is 1.77 bits per heavy atom. The number of para-hydroxylation sites is 1. The number of halogens is 3. The summed E-state index contributed by atoms with van der Waals surface area (Å²) in [6.45, 7) is 2.87. The van der Waals surface area contributed by atoms with E-state index in [1.165, 1.54) is 0 Å². The van der Waals surface area contributed by atoms with E-state index in [0.29, 0.717) is 12.2 Å². The van der Waals surface area contributed by atoms with Crippen LogP contribution in [0.2, 0.25) is 0 Å². The van der Waals surface area contributed by atoms with E-state index in [4.69, 9.17) is 14.7 Å². The second kappa shape index (κ2) is 9.57. The molecule has 0 spiro atoms. The molecular weight excluding hydrogens is 407 g/mol. The van der Waals surface area contributed by atoms with Gasteiger partial charge < -0.3 is 9.64 Å². The smallest absolute Gasteiger partial charge is 0.372 e. The molecule has 1 aromatic carbocycles. The lowest BCUT2D eigenvalue weighted by molar-refractivity contribution is -0.174. The summed E-state index contributed by atoms with van der Waals surface area (Å²) in [5, 5.41) is 1.00. The Hall–Kier alpha value is -2.78. The van der Waals surface area contributed by atoms with Gasteiger partial charge in [-0.25, -0.2) is 9.97 Å². The van der Waals surface area contributed by atoms with Gasteiger partial charge >= 0.3 is 6.18 Å². The number of ether oxygens (including phenoxy) is 1. The van der Waals surface area contributed by atoms with Crippen LogP contribution in [0, 0.1) is 0 Å². The van der Waals surface area contributed by atoms with E-state index in [1.54, 1.807) is 12.4 Å². The first-order valence-electron chi connectivity index (χ1n) is 10.3. The normalized spacial score (nSPS) is 15.5. The Bertz CT molecular complexity index is 991. The molecule has 0 atom stereocenters. The lowest BCUT2D eigenvalue weighted by atomic mass is 10.2. The summed E-state index contributed by atoms with van der Waals surface area (Å²) >= 11 is 0. The highest BCUT2D eigenvalue weighted by Gasteiger charge is 2.27. The van der Waals surface area contributed by atoms with Gasteiger partial charge in [0.2, 0.25) is 0 Å². The standard InChI is InChI=1S/C22H24F3N5O/c23-22(24,25)16-31-14-4-9-29-10-12-30(13-11-29)21-18-6-1-2-7-19(18)27-20(28-21)17-5-3-8-26-15-17/h1-3,5-8,15H,4,9-14,16H2. The number of hydrogen-bond donors (Lipinski definition) is 0. The zero-order valence-electron chi connectivity index (χ0n) is 17.1. The number of piperazine rings is 1. The fourth-order valence-electron chi connectivity index (χ4n) is 3.69. The zero-order chi connectivity index (χ0) is 21.7. The minimum absolute atomic E-state index is 0.116. The van der Waals surface area contributed by atoms with Crippen molar-refractivity contribution in [2.24, 2.45) is 0 Å². The Labute approximate surface area is 178 Å². The van der Waals surface area contributed by atoms with E-state index in [1.807, 2.05) is 36.4 Å². The third-order valence-corrected chi connectivity index (χ3v) is 5.20. The van der Waals surface area contributed by atoms with Crippen molar-refractivity contribution in [2.75, 3.05) is 50.8 Å². The average Bonchev–Trinajstić information content (AvgIpc) is 2.78. The Morgan fingerprint density at radius 1 is 0.968 bits per heavy atom. The molecule has 2 aromatic heterocycles. The molecule has 0 radical (unpaired) electrons. The molecule has 0 N–H and O–H groups in total. The van der Waals surface area contributed by atoms with E-state index >= 15 is 0 Å². The van der Waals surface area contributed by atoms with Crippen molar-refractivity contribution >= 4 is 16.7 Å². The topological polar surface area (TPSA) is 54.4 Å². The summed E-state index contributed by atoms with van der Waals surface area (Å²) < 4.78 is 41.1. The van der Waals surface area contributed by atoms with E-state index in [-0.39, 0.29) is 6.61 Å². The molecule has 9 heteroatoms. The van der Waals surface area contributed by atoms with Crippen LogP contribution in [0.4, 0.5) is 19.0 Å². The van der Waals surface area contributed by atoms with Gasteiger partial charge in [0.05, 0.1) is 5.52 Å². The molecule has 3 aromatic rings. The molecule has 1 aliphatic rings. The number of fused-ring (bicyclic) bond motifs is 1. The first kappa shape index (κ1) is 21.5. The molecule has 1 aliphatic heterocycles. The molecule has 0 bridgehead atoms. The highest BCUT2D eigenvalue weighted by Crippen LogP contribution is 2.28. The number of alkyl halides is 3. The van der Waals surface area contributed by atoms with Crippen LogP contribution in [0.15, 0.2) is 48.8 Å². The predicted octanol–water partition coefficient (Wildman–Crippen LogP) is 3.78. The van der Waals surface area contributed by atoms with Gasteiger partial charge in [0.25, 0.3) is 0 Å². The Morgan fingerprint density at radius 3 is 2.52 bits per heavy atom. The molecular formula is C22H24F3N5O. The summed E-state index contributed by atoms with van der Waals surface area (Å²) in [5.74, 6) is 1.55. The maximum atomic E-state index is 12.1. The fraction of sp³-hybridized carbons (Fsp3) is 0.409. The van der Waals surface area contributed by atoms with Gasteiger partial charge in [0.1, 0.15) is 12.4 Å². The molecule has 31 heavy (non-hydrogen) atoms. The van der Waals surface area contributed by atoms with Crippen LogP contribution in [-0.2, 0) is 4.74 Å². The molecule has 3 heterocycles. The first-order chi connectivity index (χ1) is 15.0. The van der Waals surface area contributed by atoms with Crippen LogP contribution < -0.4 is 4.90 Å². The number of rotatable bonds is 7. The number of nitrogens with zero attached hydrogens (tertiary/aromatic N) is 5. The van der Waals surface area contributed by atoms with Gasteiger partial charge in [-0.1, -0.05) is 12.1 Å². The molecule has 6 nitrogen and oxygen atoms in total. The molecule has 4 rings (SSSR count). The lowest BCUT2D eigenvalue weighted by Gasteiger charge is -2.36. The third-order valence-electron chi connectivity index (χ3n) is 5.20. The van der Waals surface area contributed by atoms with Crippen molar-refractivity contribution in [3.8, 4) is 11.4 Å². The van der Waals surface area contributed by atoms with Gasteiger partial charge in [0, 0.05) is 62.7 Å². The molecule has 0 amide bonds. The van der Waals surface area contributed by atoms with Crippen LogP contribution in [0.25, 0.3) is 22.3 Å². The van der Waals surface area contributed by atoms with Gasteiger partial charge in [-0.2, -0.15) is 13.2 Å². The lowest BCUT2D eigenvalue weighted by Crippen LogP contribution is -2.47. The van der Waals surface area contributed by atoms with Crippen molar-refractivity contribution in [1.29, 1.82) is 0 Å². The summed E-state index contributed by atoms with van der Waals surface area (Å²) in [4.78, 5) is 18.2. The van der Waals surface area contributed by atoms with Crippen molar-refractivity contribution in [2.45, 2.75) is 12.6 Å². The summed E-state index contributed by atoms with van der Waals surface area (Å²) in [5.41, 5.74) is 1.75. The molecule has 1 saturated heterocycles. The maximum Gasteiger partial charge on any atom is 0.411 e. The quantitative estimate of drug-likeness (QED) is 0.531. The number of aromatic nitrogens is 3. The van der Waals surface area contributed by atoms with Crippen molar-refractivity contribution < 1.29 is 17.9 Å². The van der Waals surface area contributed by atoms with Crippen LogP contribution in [0.1, 0.15) is 6.42 Å². The van der Waals surface area contributed by atoms with Gasteiger partial charge in [-0.3, -0.25) is 9.88 Å². The monoisotopic (exact) mass is 431 g/mol. The van der Waals surface area contributed by atoms with Gasteiger partial charge in [-0.15, -0.1) is 0 Å². The highest BCUT2D eigenvalue weighted by atomic mass is 19.4. The zero-order valence-corrected chi connectivity index (χ0v) is 17.1. The minimum atomic E-state index is -4.26. The summed E-state index contributed by atoms with van der Waals surface area (Å²) in [7, 11) is 0. The van der Waals surface area contributed by atoms with Crippen LogP contribution in [0.5, 0.6) is 0 Å². The molecule has 0 aliphatic carbocycles. The molecule has 164 valence electrons. The maximum absolute atomic E-state index is 12.1. The van der Waals surface area contributed by atoms with Gasteiger partial charge in [-0.05, 0) is 30.7 Å². The second-order valence-electron chi connectivity index (χ2n) is 7.48. The van der Waals surface area contributed by atoms with E-state index < -0.39 is 12.8 Å². The summed E-state index contributed by atoms with van der Waals surface area (Å²) in [6, 6.07) is 11.8. The number of benzene rings is 1. The van der Waals surface area contributed by atoms with Crippen LogP contribution in [0.3, 0.4) is 0 Å². The first-order valence-corrected chi connectivity index (χ1v) is 10.3. The second-order valence-corrected chi connectivity index (χ2v) is 7.48. The minimum Gasteiger partial charge on any atom is -0.372 e.